The number of amides is 3. The molecule has 0 aromatic carbocycles. The third-order valence-electron chi connectivity index (χ3n) is 3.82. The molecular weight excluding hydrogens is 220 g/mol. The largest absolute Gasteiger partial charge is 0.392 e. The number of urea groups is 1. The Balaban J connectivity index is 2.12. The molecule has 0 aromatic rings. The molecule has 5 nitrogen and oxygen atoms in total. The summed E-state index contributed by atoms with van der Waals surface area (Å²) >= 11 is 0. The average Bonchev–Trinajstić information content (AvgIpc) is 2.48. The molecule has 0 aromatic heterocycles. The monoisotopic (exact) mass is 240 g/mol. The highest BCUT2D eigenvalue weighted by molar-refractivity contribution is 6.07. The van der Waals surface area contributed by atoms with E-state index in [4.69, 9.17) is 0 Å². The Morgan fingerprint density at radius 3 is 2.59 bits per heavy atom. The van der Waals surface area contributed by atoms with Gasteiger partial charge in [-0.1, -0.05) is 6.92 Å². The number of β-amino-alcohol motifs (C(OH)–C–C–N with tert-alkyl or cyclic N) is 1. The molecule has 2 fully saturated rings. The van der Waals surface area contributed by atoms with E-state index in [9.17, 15) is 14.7 Å². The molecule has 1 aliphatic heterocycles. The summed E-state index contributed by atoms with van der Waals surface area (Å²) in [4.78, 5) is 25.2. The van der Waals surface area contributed by atoms with Crippen molar-refractivity contribution in [2.75, 3.05) is 6.54 Å². The van der Waals surface area contributed by atoms with Crippen LogP contribution in [0.15, 0.2) is 0 Å². The molecule has 96 valence electrons. The summed E-state index contributed by atoms with van der Waals surface area (Å²) in [6.45, 7) is 3.83. The van der Waals surface area contributed by atoms with E-state index in [0.717, 1.165) is 30.6 Å². The number of imide groups is 1. The van der Waals surface area contributed by atoms with Gasteiger partial charge in [0.1, 0.15) is 5.54 Å². The van der Waals surface area contributed by atoms with Crippen molar-refractivity contribution in [1.82, 2.24) is 10.2 Å². The van der Waals surface area contributed by atoms with E-state index < -0.39 is 11.6 Å². The van der Waals surface area contributed by atoms with E-state index in [0.29, 0.717) is 5.92 Å². The van der Waals surface area contributed by atoms with Crippen LogP contribution in [0, 0.1) is 5.92 Å². The lowest BCUT2D eigenvalue weighted by atomic mass is 9.77. The summed E-state index contributed by atoms with van der Waals surface area (Å²) in [5.41, 5.74) is -0.682. The fourth-order valence-electron chi connectivity index (χ4n) is 2.70. The molecule has 2 N–H and O–H groups in total. The molecule has 1 saturated carbocycles. The van der Waals surface area contributed by atoms with Gasteiger partial charge in [0.25, 0.3) is 5.91 Å². The fraction of sp³-hybridized carbons (Fsp3) is 0.833. The molecule has 17 heavy (non-hydrogen) atoms. The van der Waals surface area contributed by atoms with E-state index >= 15 is 0 Å². The second-order valence-electron chi connectivity index (χ2n) is 5.46. The van der Waals surface area contributed by atoms with Gasteiger partial charge >= 0.3 is 6.03 Å². The Kier molecular flexibility index (Phi) is 3.12. The van der Waals surface area contributed by atoms with Crippen molar-refractivity contribution in [3.8, 4) is 0 Å². The SMILES string of the molecule is CC(O)CN1C(=O)NC2(CCC(C)CC2)C1=O. The molecule has 3 amide bonds. The molecule has 5 heteroatoms. The first-order chi connectivity index (χ1) is 7.94. The van der Waals surface area contributed by atoms with Crippen molar-refractivity contribution in [3.63, 3.8) is 0 Å². The second-order valence-corrected chi connectivity index (χ2v) is 5.46. The number of hydrogen-bond acceptors (Lipinski definition) is 3. The van der Waals surface area contributed by atoms with E-state index in [-0.39, 0.29) is 18.5 Å². The van der Waals surface area contributed by atoms with Gasteiger partial charge in [-0.05, 0) is 38.5 Å². The molecular formula is C12H20N2O3. The predicted octanol–water partition coefficient (Wildman–Crippen LogP) is 0.868. The molecule has 0 radical (unpaired) electrons. The van der Waals surface area contributed by atoms with Gasteiger partial charge in [-0.3, -0.25) is 9.69 Å². The first kappa shape index (κ1) is 12.4. The number of nitrogens with zero attached hydrogens (tertiary/aromatic N) is 1. The number of hydrogen-bond donors (Lipinski definition) is 2. The maximum Gasteiger partial charge on any atom is 0.325 e. The van der Waals surface area contributed by atoms with Gasteiger partial charge in [0.05, 0.1) is 12.6 Å². The number of rotatable bonds is 2. The first-order valence-corrected chi connectivity index (χ1v) is 6.27. The van der Waals surface area contributed by atoms with E-state index in [2.05, 4.69) is 12.2 Å². The summed E-state index contributed by atoms with van der Waals surface area (Å²) in [7, 11) is 0. The number of carbonyl (C=O) groups excluding carboxylic acids is 2. The lowest BCUT2D eigenvalue weighted by molar-refractivity contribution is -0.133. The minimum atomic E-state index is -0.682. The van der Waals surface area contributed by atoms with Crippen LogP contribution < -0.4 is 5.32 Å². The van der Waals surface area contributed by atoms with Crippen LogP contribution in [0.3, 0.4) is 0 Å². The normalized spacial score (nSPS) is 35.2. The van der Waals surface area contributed by atoms with Crippen molar-refractivity contribution in [2.24, 2.45) is 5.92 Å². The Morgan fingerprint density at radius 2 is 2.06 bits per heavy atom. The lowest BCUT2D eigenvalue weighted by Gasteiger charge is -2.33. The maximum absolute atomic E-state index is 12.3. The summed E-state index contributed by atoms with van der Waals surface area (Å²) in [6, 6.07) is -0.356. The highest BCUT2D eigenvalue weighted by atomic mass is 16.3. The Hall–Kier alpha value is -1.10. The molecule has 1 atom stereocenters. The zero-order valence-electron chi connectivity index (χ0n) is 10.4. The van der Waals surface area contributed by atoms with Crippen LogP contribution in [0.5, 0.6) is 0 Å². The predicted molar refractivity (Wildman–Crippen MR) is 62.3 cm³/mol. The quantitative estimate of drug-likeness (QED) is 0.704. The van der Waals surface area contributed by atoms with Crippen LogP contribution in [0.25, 0.3) is 0 Å². The highest BCUT2D eigenvalue weighted by Crippen LogP contribution is 2.36. The molecule has 0 bridgehead atoms. The van der Waals surface area contributed by atoms with Crippen LogP contribution in [-0.4, -0.2) is 40.1 Å². The smallest absolute Gasteiger partial charge is 0.325 e. The van der Waals surface area contributed by atoms with Crippen LogP contribution in [0.1, 0.15) is 39.5 Å². The number of aliphatic hydroxyl groups excluding tert-OH is 1. The molecule has 1 saturated heterocycles. The van der Waals surface area contributed by atoms with Gasteiger partial charge in [-0.2, -0.15) is 0 Å². The molecule has 1 heterocycles. The van der Waals surface area contributed by atoms with E-state index in [1.165, 1.54) is 0 Å². The topological polar surface area (TPSA) is 69.6 Å². The molecule has 1 spiro atoms. The van der Waals surface area contributed by atoms with Gasteiger partial charge < -0.3 is 10.4 Å². The van der Waals surface area contributed by atoms with Crippen molar-refractivity contribution in [3.05, 3.63) is 0 Å². The van der Waals surface area contributed by atoms with Crippen LogP contribution in [-0.2, 0) is 4.79 Å². The zero-order valence-corrected chi connectivity index (χ0v) is 10.4. The number of aliphatic hydroxyl groups is 1. The summed E-state index contributed by atoms with van der Waals surface area (Å²) in [5, 5.41) is 12.1. The molecule has 1 unspecified atom stereocenters. The van der Waals surface area contributed by atoms with Crippen molar-refractivity contribution in [2.45, 2.75) is 51.2 Å². The van der Waals surface area contributed by atoms with Crippen LogP contribution in [0.2, 0.25) is 0 Å². The van der Waals surface area contributed by atoms with Crippen molar-refractivity contribution in [1.29, 1.82) is 0 Å². The van der Waals surface area contributed by atoms with Gasteiger partial charge in [0, 0.05) is 0 Å². The van der Waals surface area contributed by atoms with Gasteiger partial charge in [-0.15, -0.1) is 0 Å². The van der Waals surface area contributed by atoms with Gasteiger partial charge in [0.2, 0.25) is 0 Å². The van der Waals surface area contributed by atoms with E-state index in [1.54, 1.807) is 6.92 Å². The third kappa shape index (κ3) is 2.16. The average molecular weight is 240 g/mol. The number of carbonyl (C=O) groups is 2. The summed E-state index contributed by atoms with van der Waals surface area (Å²) in [6.07, 6.45) is 2.69. The minimum absolute atomic E-state index is 0.0853. The molecule has 2 aliphatic rings. The minimum Gasteiger partial charge on any atom is -0.392 e. The lowest BCUT2D eigenvalue weighted by Crippen LogP contribution is -2.49. The van der Waals surface area contributed by atoms with Crippen LogP contribution in [0.4, 0.5) is 4.79 Å². The molecule has 2 rings (SSSR count). The first-order valence-electron chi connectivity index (χ1n) is 6.27. The van der Waals surface area contributed by atoms with Gasteiger partial charge in [-0.25, -0.2) is 4.79 Å². The fourth-order valence-corrected chi connectivity index (χ4v) is 2.70. The standard InChI is InChI=1S/C12H20N2O3/c1-8-3-5-12(6-4-8)10(16)14(7-9(2)15)11(17)13-12/h8-9,15H,3-7H2,1-2H3,(H,13,17). The highest BCUT2D eigenvalue weighted by Gasteiger charge is 2.51. The number of nitrogens with one attached hydrogen (secondary N) is 1. The van der Waals surface area contributed by atoms with Crippen LogP contribution >= 0.6 is 0 Å². The van der Waals surface area contributed by atoms with Crippen molar-refractivity contribution < 1.29 is 14.7 Å². The summed E-state index contributed by atoms with van der Waals surface area (Å²) in [5.74, 6) is 0.464. The maximum atomic E-state index is 12.3. The summed E-state index contributed by atoms with van der Waals surface area (Å²) < 4.78 is 0. The van der Waals surface area contributed by atoms with Crippen molar-refractivity contribution >= 4 is 11.9 Å². The second kappa shape index (κ2) is 4.29. The Morgan fingerprint density at radius 1 is 1.47 bits per heavy atom. The third-order valence-corrected chi connectivity index (χ3v) is 3.82. The van der Waals surface area contributed by atoms with Gasteiger partial charge in [0.15, 0.2) is 0 Å². The Bertz CT molecular complexity index is 333. The Labute approximate surface area is 101 Å². The molecule has 1 aliphatic carbocycles. The zero-order chi connectivity index (χ0) is 12.6. The van der Waals surface area contributed by atoms with E-state index in [1.807, 2.05) is 0 Å².